The predicted octanol–water partition coefficient (Wildman–Crippen LogP) is 4.26. The Hall–Kier alpha value is -2.99. The zero-order chi connectivity index (χ0) is 17.4. The second-order valence-electron chi connectivity index (χ2n) is 5.79. The van der Waals surface area contributed by atoms with E-state index in [1.54, 1.807) is 16.0 Å². The van der Waals surface area contributed by atoms with Crippen LogP contribution in [0.4, 0.5) is 5.69 Å². The molecule has 0 aliphatic rings. The summed E-state index contributed by atoms with van der Waals surface area (Å²) >= 11 is 1.54. The van der Waals surface area contributed by atoms with Gasteiger partial charge in [-0.3, -0.25) is 9.48 Å². The normalized spacial score (nSPS) is 11.0. The quantitative estimate of drug-likeness (QED) is 0.602. The summed E-state index contributed by atoms with van der Waals surface area (Å²) in [5.41, 5.74) is 4.59. The van der Waals surface area contributed by atoms with E-state index in [1.165, 1.54) is 0 Å². The highest BCUT2D eigenvalue weighted by atomic mass is 32.1. The van der Waals surface area contributed by atoms with Gasteiger partial charge in [0.15, 0.2) is 5.65 Å². The third-order valence-electron chi connectivity index (χ3n) is 4.06. The van der Waals surface area contributed by atoms with Crippen molar-refractivity contribution in [2.75, 3.05) is 5.32 Å². The fourth-order valence-electron chi connectivity index (χ4n) is 2.91. The van der Waals surface area contributed by atoms with Crippen LogP contribution in [-0.4, -0.2) is 20.7 Å². The number of nitrogens with one attached hydrogen (secondary N) is 1. The first-order valence-corrected chi connectivity index (χ1v) is 8.81. The van der Waals surface area contributed by atoms with Crippen molar-refractivity contribution in [2.45, 2.75) is 6.92 Å². The van der Waals surface area contributed by atoms with Gasteiger partial charge in [-0.05, 0) is 24.4 Å². The standard InChI is InChI=1S/C19H16N4OS/c1-12-17-15(19(24)20-14-8-9-25-11-14)10-16(13-6-4-3-5-7-13)21-18(17)23(2)22-12/h3-11H,1-2H3,(H,20,24). The van der Waals surface area contributed by atoms with Crippen LogP contribution in [0.3, 0.4) is 0 Å². The third kappa shape index (κ3) is 2.81. The monoisotopic (exact) mass is 348 g/mol. The van der Waals surface area contributed by atoms with Crippen LogP contribution in [0.25, 0.3) is 22.3 Å². The van der Waals surface area contributed by atoms with Crippen molar-refractivity contribution >= 4 is 34.0 Å². The summed E-state index contributed by atoms with van der Waals surface area (Å²) in [6.45, 7) is 1.90. The van der Waals surface area contributed by atoms with E-state index in [4.69, 9.17) is 4.98 Å². The number of hydrogen-bond donors (Lipinski definition) is 1. The van der Waals surface area contributed by atoms with E-state index in [2.05, 4.69) is 10.4 Å². The van der Waals surface area contributed by atoms with Gasteiger partial charge in [-0.25, -0.2) is 4.98 Å². The Morgan fingerprint density at radius 1 is 1.20 bits per heavy atom. The van der Waals surface area contributed by atoms with Gasteiger partial charge < -0.3 is 5.32 Å². The van der Waals surface area contributed by atoms with Crippen LogP contribution in [0, 0.1) is 6.92 Å². The fraction of sp³-hybridized carbons (Fsp3) is 0.105. The maximum Gasteiger partial charge on any atom is 0.256 e. The third-order valence-corrected chi connectivity index (χ3v) is 4.75. The Morgan fingerprint density at radius 3 is 2.72 bits per heavy atom. The summed E-state index contributed by atoms with van der Waals surface area (Å²) in [7, 11) is 1.84. The number of thiophene rings is 1. The van der Waals surface area contributed by atoms with Crippen molar-refractivity contribution in [3.63, 3.8) is 0 Å². The van der Waals surface area contributed by atoms with Crippen molar-refractivity contribution < 1.29 is 4.79 Å². The highest BCUT2D eigenvalue weighted by molar-refractivity contribution is 7.08. The summed E-state index contributed by atoms with van der Waals surface area (Å²) in [6.07, 6.45) is 0. The zero-order valence-corrected chi connectivity index (χ0v) is 14.7. The Labute approximate surface area is 149 Å². The molecule has 0 saturated heterocycles. The first kappa shape index (κ1) is 15.5. The molecular weight excluding hydrogens is 332 g/mol. The zero-order valence-electron chi connectivity index (χ0n) is 13.9. The molecule has 1 aromatic carbocycles. The fourth-order valence-corrected chi connectivity index (χ4v) is 3.50. The SMILES string of the molecule is Cc1nn(C)c2nc(-c3ccccc3)cc(C(=O)Nc3ccsc3)c12. The number of carbonyl (C=O) groups is 1. The van der Waals surface area contributed by atoms with E-state index in [0.29, 0.717) is 11.2 Å². The number of pyridine rings is 1. The van der Waals surface area contributed by atoms with Gasteiger partial charge in [-0.15, -0.1) is 0 Å². The number of aromatic nitrogens is 3. The minimum Gasteiger partial charge on any atom is -0.321 e. The van der Waals surface area contributed by atoms with Crippen LogP contribution < -0.4 is 5.32 Å². The van der Waals surface area contributed by atoms with Gasteiger partial charge in [0.25, 0.3) is 5.91 Å². The Balaban J connectivity index is 1.90. The highest BCUT2D eigenvalue weighted by Crippen LogP contribution is 2.27. The number of hydrogen-bond acceptors (Lipinski definition) is 4. The summed E-state index contributed by atoms with van der Waals surface area (Å²) in [5.74, 6) is -0.154. The van der Waals surface area contributed by atoms with Crippen LogP contribution in [0.2, 0.25) is 0 Å². The van der Waals surface area contributed by atoms with E-state index < -0.39 is 0 Å². The van der Waals surface area contributed by atoms with Crippen LogP contribution in [-0.2, 0) is 7.05 Å². The molecule has 4 rings (SSSR count). The smallest absolute Gasteiger partial charge is 0.256 e. The van der Waals surface area contributed by atoms with Gasteiger partial charge in [0.1, 0.15) is 0 Å². The van der Waals surface area contributed by atoms with Gasteiger partial charge >= 0.3 is 0 Å². The van der Waals surface area contributed by atoms with Crippen LogP contribution >= 0.6 is 11.3 Å². The molecule has 3 heterocycles. The minimum absolute atomic E-state index is 0.154. The van der Waals surface area contributed by atoms with Gasteiger partial charge in [0.2, 0.25) is 0 Å². The molecule has 4 aromatic rings. The van der Waals surface area contributed by atoms with E-state index in [9.17, 15) is 4.79 Å². The van der Waals surface area contributed by atoms with Crippen molar-refractivity contribution in [3.8, 4) is 11.3 Å². The van der Waals surface area contributed by atoms with Gasteiger partial charge in [-0.1, -0.05) is 30.3 Å². The number of nitrogens with zero attached hydrogens (tertiary/aromatic N) is 3. The average Bonchev–Trinajstić information content (AvgIpc) is 3.23. The predicted molar refractivity (Wildman–Crippen MR) is 101 cm³/mol. The maximum absolute atomic E-state index is 12.9. The molecule has 1 amide bonds. The molecule has 6 heteroatoms. The van der Waals surface area contributed by atoms with Crippen molar-refractivity contribution in [2.24, 2.45) is 7.05 Å². The summed E-state index contributed by atoms with van der Waals surface area (Å²) in [4.78, 5) is 17.6. The number of aryl methyl sites for hydroxylation is 2. The van der Waals surface area contributed by atoms with Crippen molar-refractivity contribution in [1.29, 1.82) is 0 Å². The first-order chi connectivity index (χ1) is 12.1. The number of benzene rings is 1. The van der Waals surface area contributed by atoms with Crippen molar-refractivity contribution in [1.82, 2.24) is 14.8 Å². The molecule has 0 radical (unpaired) electrons. The number of amides is 1. The lowest BCUT2D eigenvalue weighted by Gasteiger charge is -2.08. The first-order valence-electron chi connectivity index (χ1n) is 7.87. The lowest BCUT2D eigenvalue weighted by molar-refractivity contribution is 0.102. The largest absolute Gasteiger partial charge is 0.321 e. The molecular formula is C19H16N4OS. The molecule has 25 heavy (non-hydrogen) atoms. The lowest BCUT2D eigenvalue weighted by Crippen LogP contribution is -2.12. The highest BCUT2D eigenvalue weighted by Gasteiger charge is 2.19. The maximum atomic E-state index is 12.9. The molecule has 0 fully saturated rings. The molecule has 3 aromatic heterocycles. The summed E-state index contributed by atoms with van der Waals surface area (Å²) < 4.78 is 1.72. The summed E-state index contributed by atoms with van der Waals surface area (Å²) in [6, 6.07) is 13.6. The molecule has 124 valence electrons. The molecule has 0 unspecified atom stereocenters. The second kappa shape index (κ2) is 6.14. The molecule has 0 aliphatic carbocycles. The Bertz CT molecular complexity index is 1050. The molecule has 0 aliphatic heterocycles. The molecule has 0 spiro atoms. The van der Waals surface area contributed by atoms with Crippen LogP contribution in [0.15, 0.2) is 53.2 Å². The lowest BCUT2D eigenvalue weighted by atomic mass is 10.0. The minimum atomic E-state index is -0.154. The number of carbonyl (C=O) groups excluding carboxylic acids is 1. The van der Waals surface area contributed by atoms with Gasteiger partial charge in [0.05, 0.1) is 28.0 Å². The number of rotatable bonds is 3. The van der Waals surface area contributed by atoms with E-state index in [1.807, 2.05) is 67.2 Å². The van der Waals surface area contributed by atoms with Gasteiger partial charge in [0, 0.05) is 18.0 Å². The molecule has 0 atom stereocenters. The Morgan fingerprint density at radius 2 is 2.00 bits per heavy atom. The number of fused-ring (bicyclic) bond motifs is 1. The van der Waals surface area contributed by atoms with Crippen LogP contribution in [0.1, 0.15) is 16.1 Å². The number of anilines is 1. The Kier molecular flexibility index (Phi) is 3.82. The topological polar surface area (TPSA) is 59.8 Å². The molecule has 0 bridgehead atoms. The second-order valence-corrected chi connectivity index (χ2v) is 6.57. The van der Waals surface area contributed by atoms with E-state index in [-0.39, 0.29) is 5.91 Å². The average molecular weight is 348 g/mol. The molecule has 1 N–H and O–H groups in total. The molecule has 0 saturated carbocycles. The van der Waals surface area contributed by atoms with E-state index >= 15 is 0 Å². The van der Waals surface area contributed by atoms with Gasteiger partial charge in [-0.2, -0.15) is 16.4 Å². The van der Waals surface area contributed by atoms with E-state index in [0.717, 1.165) is 28.0 Å². The summed E-state index contributed by atoms with van der Waals surface area (Å²) in [5, 5.41) is 12.0. The molecule has 5 nitrogen and oxygen atoms in total. The van der Waals surface area contributed by atoms with Crippen molar-refractivity contribution in [3.05, 3.63) is 64.5 Å². The van der Waals surface area contributed by atoms with Crippen LogP contribution in [0.5, 0.6) is 0 Å².